The van der Waals surface area contributed by atoms with Gasteiger partial charge in [-0.15, -0.1) is 11.3 Å². The van der Waals surface area contributed by atoms with Gasteiger partial charge in [0.2, 0.25) is 0 Å². The summed E-state index contributed by atoms with van der Waals surface area (Å²) in [5.74, 6) is 1.15. The molecule has 1 N–H and O–H groups in total. The number of aryl methyl sites for hydroxylation is 3. The van der Waals surface area contributed by atoms with Crippen molar-refractivity contribution in [3.05, 3.63) is 39.1 Å². The zero-order chi connectivity index (χ0) is 16.3. The first-order valence-corrected chi connectivity index (χ1v) is 7.95. The number of amides is 1. The van der Waals surface area contributed by atoms with Gasteiger partial charge in [0.05, 0.1) is 19.1 Å². The molecule has 118 valence electrons. The van der Waals surface area contributed by atoms with Gasteiger partial charge in [0.25, 0.3) is 5.91 Å². The van der Waals surface area contributed by atoms with Crippen LogP contribution in [-0.4, -0.2) is 20.1 Å². The maximum atomic E-state index is 12.4. The molecule has 4 nitrogen and oxygen atoms in total. The standard InChI is InChI=1S/C17H21NO3S/c1-6-15-11(3)8-16(22-15)17(19)18-12-9-14(21-5)13(20-4)7-10(12)2/h7-9H,6H2,1-5H3,(H,18,19). The first-order valence-electron chi connectivity index (χ1n) is 7.13. The fourth-order valence-electron chi connectivity index (χ4n) is 2.28. The Bertz CT molecular complexity index is 691. The highest BCUT2D eigenvalue weighted by atomic mass is 32.1. The Morgan fingerprint density at radius 3 is 2.27 bits per heavy atom. The summed E-state index contributed by atoms with van der Waals surface area (Å²) in [6.45, 7) is 6.06. The molecule has 0 saturated carbocycles. The summed E-state index contributed by atoms with van der Waals surface area (Å²) in [7, 11) is 3.17. The van der Waals surface area contributed by atoms with Crippen molar-refractivity contribution in [1.29, 1.82) is 0 Å². The summed E-state index contributed by atoms with van der Waals surface area (Å²) in [6, 6.07) is 5.58. The van der Waals surface area contributed by atoms with E-state index in [1.807, 2.05) is 26.0 Å². The van der Waals surface area contributed by atoms with E-state index in [9.17, 15) is 4.79 Å². The Hall–Kier alpha value is -2.01. The maximum absolute atomic E-state index is 12.4. The van der Waals surface area contributed by atoms with Crippen LogP contribution < -0.4 is 14.8 Å². The molecule has 0 unspecified atom stereocenters. The number of carbonyl (C=O) groups excluding carboxylic acids is 1. The van der Waals surface area contributed by atoms with Gasteiger partial charge in [-0.3, -0.25) is 4.79 Å². The molecule has 0 bridgehead atoms. The van der Waals surface area contributed by atoms with E-state index in [4.69, 9.17) is 9.47 Å². The number of ether oxygens (including phenoxy) is 2. The number of hydrogen-bond donors (Lipinski definition) is 1. The van der Waals surface area contributed by atoms with E-state index in [1.54, 1.807) is 31.6 Å². The maximum Gasteiger partial charge on any atom is 0.265 e. The molecule has 0 atom stereocenters. The molecule has 1 amide bonds. The summed E-state index contributed by atoms with van der Waals surface area (Å²) in [5.41, 5.74) is 2.82. The van der Waals surface area contributed by atoms with Gasteiger partial charge in [-0.1, -0.05) is 6.92 Å². The molecule has 0 aliphatic carbocycles. The topological polar surface area (TPSA) is 47.6 Å². The molecule has 0 fully saturated rings. The van der Waals surface area contributed by atoms with Gasteiger partial charge in [-0.2, -0.15) is 0 Å². The summed E-state index contributed by atoms with van der Waals surface area (Å²) in [5, 5.41) is 2.95. The van der Waals surface area contributed by atoms with Gasteiger partial charge in [0.15, 0.2) is 11.5 Å². The molecule has 2 rings (SSSR count). The molecular weight excluding hydrogens is 298 g/mol. The Balaban J connectivity index is 2.27. The molecule has 1 aromatic heterocycles. The van der Waals surface area contributed by atoms with Crippen molar-refractivity contribution in [2.24, 2.45) is 0 Å². The lowest BCUT2D eigenvalue weighted by molar-refractivity contribution is 0.103. The van der Waals surface area contributed by atoms with E-state index in [0.717, 1.165) is 22.5 Å². The summed E-state index contributed by atoms with van der Waals surface area (Å²) < 4.78 is 10.5. The van der Waals surface area contributed by atoms with Crippen LogP contribution in [0.15, 0.2) is 18.2 Å². The predicted molar refractivity (Wildman–Crippen MR) is 90.7 cm³/mol. The molecular formula is C17H21NO3S. The van der Waals surface area contributed by atoms with Gasteiger partial charge < -0.3 is 14.8 Å². The minimum absolute atomic E-state index is 0.0943. The minimum atomic E-state index is -0.0943. The quantitative estimate of drug-likeness (QED) is 0.898. The Morgan fingerprint density at radius 2 is 1.73 bits per heavy atom. The van der Waals surface area contributed by atoms with Crippen LogP contribution in [0.3, 0.4) is 0 Å². The Morgan fingerprint density at radius 1 is 1.09 bits per heavy atom. The fourth-order valence-corrected chi connectivity index (χ4v) is 3.29. The normalized spacial score (nSPS) is 10.4. The monoisotopic (exact) mass is 319 g/mol. The van der Waals surface area contributed by atoms with Crippen molar-refractivity contribution >= 4 is 22.9 Å². The number of methoxy groups -OCH3 is 2. The first-order chi connectivity index (χ1) is 10.5. The Kier molecular flexibility index (Phi) is 5.08. The fraction of sp³-hybridized carbons (Fsp3) is 0.353. The van der Waals surface area contributed by atoms with Crippen LogP contribution in [0.1, 0.15) is 32.6 Å². The molecule has 0 aliphatic rings. The Labute approximate surface area is 135 Å². The minimum Gasteiger partial charge on any atom is -0.493 e. The third-order valence-corrected chi connectivity index (χ3v) is 4.92. The number of thiophene rings is 1. The zero-order valence-corrected chi connectivity index (χ0v) is 14.4. The predicted octanol–water partition coefficient (Wildman–Crippen LogP) is 4.20. The van der Waals surface area contributed by atoms with Crippen molar-refractivity contribution < 1.29 is 14.3 Å². The lowest BCUT2D eigenvalue weighted by atomic mass is 10.1. The van der Waals surface area contributed by atoms with Crippen LogP contribution >= 0.6 is 11.3 Å². The summed E-state index contributed by atoms with van der Waals surface area (Å²) >= 11 is 1.54. The molecule has 1 aromatic carbocycles. The lowest BCUT2D eigenvalue weighted by Gasteiger charge is -2.13. The molecule has 2 aromatic rings. The number of benzene rings is 1. The highest BCUT2D eigenvalue weighted by Gasteiger charge is 2.15. The average molecular weight is 319 g/mol. The molecule has 0 aliphatic heterocycles. The zero-order valence-electron chi connectivity index (χ0n) is 13.6. The van der Waals surface area contributed by atoms with Crippen LogP contribution in [0.5, 0.6) is 11.5 Å². The van der Waals surface area contributed by atoms with E-state index in [2.05, 4.69) is 12.2 Å². The number of carbonyl (C=O) groups is 1. The van der Waals surface area contributed by atoms with E-state index in [1.165, 1.54) is 10.4 Å². The van der Waals surface area contributed by atoms with Crippen LogP contribution in [0.4, 0.5) is 5.69 Å². The smallest absolute Gasteiger partial charge is 0.265 e. The SMILES string of the molecule is CCc1sc(C(=O)Nc2cc(OC)c(OC)cc2C)cc1C. The van der Waals surface area contributed by atoms with Crippen molar-refractivity contribution in [3.8, 4) is 11.5 Å². The number of nitrogens with one attached hydrogen (secondary N) is 1. The van der Waals surface area contributed by atoms with Gasteiger partial charge >= 0.3 is 0 Å². The highest BCUT2D eigenvalue weighted by Crippen LogP contribution is 2.33. The molecule has 0 spiro atoms. The number of rotatable bonds is 5. The van der Waals surface area contributed by atoms with Crippen LogP contribution in [0.2, 0.25) is 0 Å². The molecule has 5 heteroatoms. The largest absolute Gasteiger partial charge is 0.493 e. The molecule has 1 heterocycles. The van der Waals surface area contributed by atoms with Crippen molar-refractivity contribution in [1.82, 2.24) is 0 Å². The van der Waals surface area contributed by atoms with E-state index in [0.29, 0.717) is 11.5 Å². The van der Waals surface area contributed by atoms with Crippen molar-refractivity contribution in [2.45, 2.75) is 27.2 Å². The molecule has 0 saturated heterocycles. The first kappa shape index (κ1) is 16.4. The number of hydrogen-bond acceptors (Lipinski definition) is 4. The summed E-state index contributed by atoms with van der Waals surface area (Å²) in [6.07, 6.45) is 0.944. The third kappa shape index (κ3) is 3.25. The second kappa shape index (κ2) is 6.83. The van der Waals surface area contributed by atoms with Crippen LogP contribution in [0, 0.1) is 13.8 Å². The van der Waals surface area contributed by atoms with E-state index in [-0.39, 0.29) is 5.91 Å². The van der Waals surface area contributed by atoms with Crippen LogP contribution in [0.25, 0.3) is 0 Å². The second-order valence-corrected chi connectivity index (χ2v) is 6.18. The van der Waals surface area contributed by atoms with Gasteiger partial charge in [-0.05, 0) is 43.5 Å². The lowest BCUT2D eigenvalue weighted by Crippen LogP contribution is -2.11. The van der Waals surface area contributed by atoms with E-state index < -0.39 is 0 Å². The van der Waals surface area contributed by atoms with Gasteiger partial charge in [0.1, 0.15) is 0 Å². The van der Waals surface area contributed by atoms with Gasteiger partial charge in [0, 0.05) is 16.6 Å². The van der Waals surface area contributed by atoms with Crippen molar-refractivity contribution in [3.63, 3.8) is 0 Å². The number of anilines is 1. The molecule has 22 heavy (non-hydrogen) atoms. The van der Waals surface area contributed by atoms with Crippen LogP contribution in [-0.2, 0) is 6.42 Å². The third-order valence-electron chi connectivity index (χ3n) is 3.54. The summed E-state index contributed by atoms with van der Waals surface area (Å²) in [4.78, 5) is 14.4. The highest BCUT2D eigenvalue weighted by molar-refractivity contribution is 7.14. The molecule has 0 radical (unpaired) electrons. The van der Waals surface area contributed by atoms with E-state index >= 15 is 0 Å². The van der Waals surface area contributed by atoms with Gasteiger partial charge in [-0.25, -0.2) is 0 Å². The second-order valence-electron chi connectivity index (χ2n) is 5.05. The average Bonchev–Trinajstić information content (AvgIpc) is 2.89. The van der Waals surface area contributed by atoms with Crippen molar-refractivity contribution in [2.75, 3.05) is 19.5 Å².